The molecule has 0 radical (unpaired) electrons. The fourth-order valence-electron chi connectivity index (χ4n) is 4.17. The number of halogens is 1. The van der Waals surface area contributed by atoms with E-state index in [-0.39, 0.29) is 23.5 Å². The van der Waals surface area contributed by atoms with Gasteiger partial charge in [0.15, 0.2) is 0 Å². The molecule has 35 heavy (non-hydrogen) atoms. The molecule has 2 atom stereocenters. The smallest absolute Gasteiger partial charge is 0.251 e. The van der Waals surface area contributed by atoms with E-state index in [1.54, 1.807) is 28.9 Å². The highest BCUT2D eigenvalue weighted by atomic mass is 19.1. The molecule has 6 nitrogen and oxygen atoms in total. The summed E-state index contributed by atoms with van der Waals surface area (Å²) in [6, 6.07) is 24.3. The molecular weight excluding hydrogens is 443 g/mol. The van der Waals surface area contributed by atoms with Crippen LogP contribution in [0.4, 0.5) is 10.2 Å². The first-order chi connectivity index (χ1) is 16.8. The maximum Gasteiger partial charge on any atom is 0.251 e. The number of carbonyl (C=O) groups is 2. The molecular formula is C28H27FN4O2. The largest absolute Gasteiger partial charge is 0.340 e. The van der Waals surface area contributed by atoms with Crippen LogP contribution in [0, 0.1) is 19.7 Å². The summed E-state index contributed by atoms with van der Waals surface area (Å²) >= 11 is 0. The Hall–Kier alpha value is -4.26. The van der Waals surface area contributed by atoms with Crippen LogP contribution in [0.2, 0.25) is 0 Å². The second kappa shape index (κ2) is 10.3. The van der Waals surface area contributed by atoms with E-state index in [4.69, 9.17) is 0 Å². The van der Waals surface area contributed by atoms with E-state index in [1.807, 2.05) is 69.3 Å². The fourth-order valence-corrected chi connectivity index (χ4v) is 4.17. The van der Waals surface area contributed by atoms with E-state index in [9.17, 15) is 14.0 Å². The van der Waals surface area contributed by atoms with Crippen molar-refractivity contribution in [2.45, 2.75) is 32.7 Å². The Morgan fingerprint density at radius 1 is 0.971 bits per heavy atom. The zero-order valence-electron chi connectivity index (χ0n) is 19.8. The molecule has 1 aliphatic heterocycles. The Balaban J connectivity index is 0.000000356. The van der Waals surface area contributed by atoms with Gasteiger partial charge in [-0.15, -0.1) is 0 Å². The molecule has 3 aromatic carbocycles. The van der Waals surface area contributed by atoms with Crippen LogP contribution in [0.5, 0.6) is 0 Å². The average Bonchev–Trinajstić information content (AvgIpc) is 3.19. The number of hydrogen-bond acceptors (Lipinski definition) is 3. The summed E-state index contributed by atoms with van der Waals surface area (Å²) in [6.07, 6.45) is 0. The molecule has 4 aromatic rings. The van der Waals surface area contributed by atoms with Crippen LogP contribution in [0.15, 0.2) is 84.9 Å². The van der Waals surface area contributed by atoms with Gasteiger partial charge >= 0.3 is 0 Å². The van der Waals surface area contributed by atoms with Gasteiger partial charge in [-0.3, -0.25) is 9.59 Å². The number of benzene rings is 3. The van der Waals surface area contributed by atoms with Gasteiger partial charge in [-0.1, -0.05) is 61.0 Å². The van der Waals surface area contributed by atoms with E-state index in [0.717, 1.165) is 22.5 Å². The summed E-state index contributed by atoms with van der Waals surface area (Å²) in [7, 11) is 0. The highest BCUT2D eigenvalue weighted by Crippen LogP contribution is 2.36. The molecule has 7 heteroatoms. The molecule has 0 fully saturated rings. The van der Waals surface area contributed by atoms with Gasteiger partial charge in [-0.2, -0.15) is 5.10 Å². The zero-order chi connectivity index (χ0) is 24.9. The molecule has 1 aliphatic rings. The lowest BCUT2D eigenvalue weighted by Crippen LogP contribution is -2.49. The second-order valence-electron chi connectivity index (χ2n) is 8.49. The Kier molecular flexibility index (Phi) is 7.06. The van der Waals surface area contributed by atoms with Gasteiger partial charge in [0.2, 0.25) is 5.91 Å². The highest BCUT2D eigenvalue weighted by Gasteiger charge is 2.38. The highest BCUT2D eigenvalue weighted by molar-refractivity contribution is 6.03. The maximum atomic E-state index is 12.8. The molecule has 2 amide bonds. The SMILES string of the molecule is Cc1cccc(C(=O)NC2C(=O)Nc3c(c(C)nn3-c3ccccc3)C2C)c1.Fc1ccccc1. The summed E-state index contributed by atoms with van der Waals surface area (Å²) in [5, 5.41) is 10.5. The molecule has 178 valence electrons. The molecule has 0 saturated carbocycles. The number of aromatic nitrogens is 2. The normalized spacial score (nSPS) is 16.4. The molecule has 1 aromatic heterocycles. The Labute approximate surface area is 203 Å². The summed E-state index contributed by atoms with van der Waals surface area (Å²) in [5.74, 6) is -0.204. The Morgan fingerprint density at radius 3 is 2.23 bits per heavy atom. The number of para-hydroxylation sites is 1. The predicted octanol–water partition coefficient (Wildman–Crippen LogP) is 5.17. The number of hydrogen-bond donors (Lipinski definition) is 2. The number of fused-ring (bicyclic) bond motifs is 1. The quantitative estimate of drug-likeness (QED) is 0.434. The van der Waals surface area contributed by atoms with Crippen molar-refractivity contribution in [3.63, 3.8) is 0 Å². The van der Waals surface area contributed by atoms with Gasteiger partial charge in [0.25, 0.3) is 5.91 Å². The monoisotopic (exact) mass is 470 g/mol. The van der Waals surface area contributed by atoms with Gasteiger partial charge in [0.05, 0.1) is 11.4 Å². The first kappa shape index (κ1) is 23.9. The molecule has 2 heterocycles. The van der Waals surface area contributed by atoms with Crippen molar-refractivity contribution in [2.24, 2.45) is 0 Å². The third kappa shape index (κ3) is 5.30. The van der Waals surface area contributed by atoms with Crippen LogP contribution >= 0.6 is 0 Å². The number of aryl methyl sites for hydroxylation is 2. The van der Waals surface area contributed by atoms with Crippen molar-refractivity contribution in [2.75, 3.05) is 5.32 Å². The lowest BCUT2D eigenvalue weighted by atomic mass is 9.89. The minimum atomic E-state index is -0.660. The molecule has 0 spiro atoms. The van der Waals surface area contributed by atoms with Crippen molar-refractivity contribution >= 4 is 17.6 Å². The van der Waals surface area contributed by atoms with Crippen LogP contribution in [0.3, 0.4) is 0 Å². The minimum absolute atomic E-state index is 0.178. The average molecular weight is 471 g/mol. The Morgan fingerprint density at radius 2 is 1.63 bits per heavy atom. The van der Waals surface area contributed by atoms with Crippen LogP contribution in [0.1, 0.15) is 40.0 Å². The standard InChI is InChI=1S/C22H22N4O2.C6H5F/c1-13-8-7-9-16(12-13)21(27)23-19-14(2)18-15(3)25-26(20(18)24-22(19)28)17-10-5-4-6-11-17;7-6-4-2-1-3-5-6/h4-12,14,19H,1-3H3,(H,23,27)(H,24,28);1-5H. The number of amides is 2. The first-order valence-electron chi connectivity index (χ1n) is 11.4. The van der Waals surface area contributed by atoms with Gasteiger partial charge < -0.3 is 10.6 Å². The zero-order valence-corrected chi connectivity index (χ0v) is 19.8. The minimum Gasteiger partial charge on any atom is -0.340 e. The summed E-state index contributed by atoms with van der Waals surface area (Å²) in [4.78, 5) is 25.5. The van der Waals surface area contributed by atoms with E-state index in [2.05, 4.69) is 15.7 Å². The molecule has 0 saturated heterocycles. The third-order valence-corrected chi connectivity index (χ3v) is 5.89. The van der Waals surface area contributed by atoms with Crippen LogP contribution in [-0.4, -0.2) is 27.6 Å². The Bertz CT molecular complexity index is 1340. The van der Waals surface area contributed by atoms with Crippen LogP contribution in [-0.2, 0) is 4.79 Å². The lowest BCUT2D eigenvalue weighted by molar-refractivity contribution is -0.118. The van der Waals surface area contributed by atoms with E-state index in [0.29, 0.717) is 11.4 Å². The molecule has 2 unspecified atom stereocenters. The van der Waals surface area contributed by atoms with Crippen molar-refractivity contribution in [1.82, 2.24) is 15.1 Å². The molecule has 2 N–H and O–H groups in total. The third-order valence-electron chi connectivity index (χ3n) is 5.89. The number of nitrogens with zero attached hydrogens (tertiary/aromatic N) is 2. The van der Waals surface area contributed by atoms with Crippen LogP contribution < -0.4 is 10.6 Å². The predicted molar refractivity (Wildman–Crippen MR) is 134 cm³/mol. The molecule has 0 aliphatic carbocycles. The topological polar surface area (TPSA) is 76.0 Å². The summed E-state index contributed by atoms with van der Waals surface area (Å²) in [5.41, 5.74) is 4.19. The summed E-state index contributed by atoms with van der Waals surface area (Å²) in [6.45, 7) is 5.80. The van der Waals surface area contributed by atoms with Crippen LogP contribution in [0.25, 0.3) is 5.69 Å². The van der Waals surface area contributed by atoms with Gasteiger partial charge in [0.1, 0.15) is 17.7 Å². The van der Waals surface area contributed by atoms with Gasteiger partial charge in [-0.05, 0) is 50.2 Å². The molecule has 0 bridgehead atoms. The van der Waals surface area contributed by atoms with Gasteiger partial charge in [0, 0.05) is 17.0 Å². The van der Waals surface area contributed by atoms with E-state index >= 15 is 0 Å². The van der Waals surface area contributed by atoms with E-state index in [1.165, 1.54) is 12.1 Å². The number of rotatable bonds is 3. The van der Waals surface area contributed by atoms with E-state index < -0.39 is 6.04 Å². The van der Waals surface area contributed by atoms with Gasteiger partial charge in [-0.25, -0.2) is 9.07 Å². The number of anilines is 1. The fraction of sp³-hybridized carbons (Fsp3) is 0.179. The first-order valence-corrected chi connectivity index (χ1v) is 11.4. The van der Waals surface area contributed by atoms with Crippen molar-refractivity contribution < 1.29 is 14.0 Å². The van der Waals surface area contributed by atoms with Crippen molar-refractivity contribution in [3.8, 4) is 5.69 Å². The molecule has 5 rings (SSSR count). The number of carbonyl (C=O) groups excluding carboxylic acids is 2. The summed E-state index contributed by atoms with van der Waals surface area (Å²) < 4.78 is 13.7. The lowest BCUT2D eigenvalue weighted by Gasteiger charge is -2.30. The van der Waals surface area contributed by atoms with Crippen molar-refractivity contribution in [3.05, 3.63) is 113 Å². The number of nitrogens with one attached hydrogen (secondary N) is 2. The van der Waals surface area contributed by atoms with Crippen molar-refractivity contribution in [1.29, 1.82) is 0 Å². The second-order valence-corrected chi connectivity index (χ2v) is 8.49. The maximum absolute atomic E-state index is 12.8.